The Bertz CT molecular complexity index is 800. The molecule has 3 amide bonds. The molecule has 2 heterocycles. The van der Waals surface area contributed by atoms with Crippen LogP contribution in [0.4, 0.5) is 4.79 Å². The summed E-state index contributed by atoms with van der Waals surface area (Å²) in [7, 11) is 0. The number of carbonyl (C=O) groups excluding carboxylic acids is 3. The van der Waals surface area contributed by atoms with Crippen LogP contribution in [0.25, 0.3) is 0 Å². The van der Waals surface area contributed by atoms with Gasteiger partial charge in [-0.15, -0.1) is 0 Å². The predicted molar refractivity (Wildman–Crippen MR) is 120 cm³/mol. The van der Waals surface area contributed by atoms with E-state index in [1.165, 1.54) is 10.5 Å². The summed E-state index contributed by atoms with van der Waals surface area (Å²) in [5, 5.41) is 2.71. The highest BCUT2D eigenvalue weighted by Gasteiger charge is 2.41. The molecule has 1 fully saturated rings. The summed E-state index contributed by atoms with van der Waals surface area (Å²) in [5.74, 6) is -0.873. The van der Waals surface area contributed by atoms with Crippen LogP contribution >= 0.6 is 0 Å². The number of hydrogen-bond acceptors (Lipinski definition) is 5. The molecule has 0 aromatic heterocycles. The molecular weight excluding hydrogens is 410 g/mol. The van der Waals surface area contributed by atoms with E-state index in [4.69, 9.17) is 15.2 Å². The number of ether oxygens (including phenoxy) is 2. The molecule has 2 aliphatic heterocycles. The predicted octanol–water partition coefficient (Wildman–Crippen LogP) is 2.67. The fraction of sp³-hybridized carbons (Fsp3) is 0.625. The molecule has 3 atom stereocenters. The number of fused-ring (bicyclic) bond motifs is 4. The highest BCUT2D eigenvalue weighted by atomic mass is 16.5. The number of cyclic esters (lactones) is 1. The molecule has 0 radical (unpaired) electrons. The topological polar surface area (TPSA) is 111 Å². The van der Waals surface area contributed by atoms with Crippen molar-refractivity contribution in [1.29, 1.82) is 0 Å². The van der Waals surface area contributed by atoms with E-state index < -0.39 is 24.1 Å². The van der Waals surface area contributed by atoms with Gasteiger partial charge in [-0.3, -0.25) is 9.59 Å². The second-order valence-corrected chi connectivity index (χ2v) is 8.68. The van der Waals surface area contributed by atoms with Crippen molar-refractivity contribution in [1.82, 2.24) is 10.2 Å². The quantitative estimate of drug-likeness (QED) is 0.740. The number of aryl methyl sites for hydroxylation is 1. The van der Waals surface area contributed by atoms with Crippen molar-refractivity contribution in [3.05, 3.63) is 35.4 Å². The van der Waals surface area contributed by atoms with Crippen molar-refractivity contribution < 1.29 is 23.9 Å². The van der Waals surface area contributed by atoms with Gasteiger partial charge in [0.05, 0.1) is 19.3 Å². The van der Waals surface area contributed by atoms with E-state index in [0.717, 1.165) is 44.1 Å². The third-order valence-corrected chi connectivity index (χ3v) is 6.13. The first kappa shape index (κ1) is 24.0. The van der Waals surface area contributed by atoms with E-state index in [0.29, 0.717) is 26.1 Å². The van der Waals surface area contributed by atoms with Crippen LogP contribution in [0, 0.1) is 0 Å². The van der Waals surface area contributed by atoms with Gasteiger partial charge in [0.2, 0.25) is 11.8 Å². The summed E-state index contributed by atoms with van der Waals surface area (Å²) in [6, 6.07) is 6.78. The average molecular weight is 446 g/mol. The van der Waals surface area contributed by atoms with Gasteiger partial charge in [0.25, 0.3) is 0 Å². The molecule has 0 spiro atoms. The molecule has 4 bridgehead atoms. The van der Waals surface area contributed by atoms with E-state index in [1.807, 2.05) is 19.1 Å². The van der Waals surface area contributed by atoms with E-state index >= 15 is 0 Å². The molecule has 0 saturated carbocycles. The number of primary amides is 1. The van der Waals surface area contributed by atoms with E-state index in [1.54, 1.807) is 0 Å². The van der Waals surface area contributed by atoms with Crippen LogP contribution in [0.2, 0.25) is 0 Å². The fourth-order valence-electron chi connectivity index (χ4n) is 4.34. The lowest BCUT2D eigenvalue weighted by molar-refractivity contribution is -0.139. The minimum absolute atomic E-state index is 0.269. The van der Waals surface area contributed by atoms with Crippen LogP contribution in [0.1, 0.15) is 63.0 Å². The molecule has 2 aliphatic rings. The maximum absolute atomic E-state index is 13.3. The molecule has 1 saturated heterocycles. The maximum atomic E-state index is 13.3. The van der Waals surface area contributed by atoms with Crippen molar-refractivity contribution in [3.63, 3.8) is 0 Å². The molecule has 3 N–H and O–H groups in total. The Labute approximate surface area is 189 Å². The van der Waals surface area contributed by atoms with Gasteiger partial charge >= 0.3 is 6.09 Å². The zero-order chi connectivity index (χ0) is 22.9. The van der Waals surface area contributed by atoms with Crippen LogP contribution in [0.5, 0.6) is 0 Å². The van der Waals surface area contributed by atoms with Gasteiger partial charge in [-0.2, -0.15) is 0 Å². The second kappa shape index (κ2) is 11.9. The number of nitrogens with one attached hydrogen (secondary N) is 1. The zero-order valence-corrected chi connectivity index (χ0v) is 18.9. The molecule has 3 rings (SSSR count). The second-order valence-electron chi connectivity index (χ2n) is 8.68. The first-order chi connectivity index (χ1) is 15.5. The summed E-state index contributed by atoms with van der Waals surface area (Å²) >= 11 is 0. The van der Waals surface area contributed by atoms with Crippen LogP contribution in [0.3, 0.4) is 0 Å². The Kier molecular flexibility index (Phi) is 8.90. The highest BCUT2D eigenvalue weighted by molar-refractivity contribution is 5.91. The van der Waals surface area contributed by atoms with E-state index in [9.17, 15) is 14.4 Å². The molecule has 32 heavy (non-hydrogen) atoms. The molecule has 0 aliphatic carbocycles. The van der Waals surface area contributed by atoms with Gasteiger partial charge in [-0.25, -0.2) is 4.79 Å². The van der Waals surface area contributed by atoms with Gasteiger partial charge in [0, 0.05) is 13.0 Å². The lowest BCUT2D eigenvalue weighted by Gasteiger charge is -2.27. The number of carbonyl (C=O) groups is 3. The van der Waals surface area contributed by atoms with Crippen LogP contribution in [-0.2, 0) is 32.1 Å². The van der Waals surface area contributed by atoms with Gasteiger partial charge in [0.1, 0.15) is 12.1 Å². The lowest BCUT2D eigenvalue weighted by atomic mass is 10.0. The minimum atomic E-state index is -0.751. The number of unbranched alkanes of at least 4 members (excludes halogenated alkanes) is 1. The number of hydrogen-bond donors (Lipinski definition) is 2. The van der Waals surface area contributed by atoms with Gasteiger partial charge in [0.15, 0.2) is 0 Å². The largest absolute Gasteiger partial charge is 0.450 e. The smallest absolute Gasteiger partial charge is 0.407 e. The number of alkyl carbamates (subject to hydrolysis) is 1. The summed E-state index contributed by atoms with van der Waals surface area (Å²) in [5.41, 5.74) is 7.92. The molecule has 8 heteroatoms. The van der Waals surface area contributed by atoms with Crippen molar-refractivity contribution in [2.45, 2.75) is 83.1 Å². The molecule has 0 unspecified atom stereocenters. The van der Waals surface area contributed by atoms with E-state index in [-0.39, 0.29) is 18.6 Å². The van der Waals surface area contributed by atoms with Crippen LogP contribution < -0.4 is 11.1 Å². The lowest BCUT2D eigenvalue weighted by Crippen LogP contribution is -2.53. The summed E-state index contributed by atoms with van der Waals surface area (Å²) in [6.45, 7) is 3.01. The first-order valence-corrected chi connectivity index (χ1v) is 11.7. The Morgan fingerprint density at radius 3 is 2.81 bits per heavy atom. The van der Waals surface area contributed by atoms with Crippen LogP contribution in [-0.4, -0.2) is 54.1 Å². The Morgan fingerprint density at radius 1 is 1.22 bits per heavy atom. The van der Waals surface area contributed by atoms with Gasteiger partial charge < -0.3 is 25.4 Å². The maximum Gasteiger partial charge on any atom is 0.407 e. The first-order valence-electron chi connectivity index (χ1n) is 11.7. The fourth-order valence-corrected chi connectivity index (χ4v) is 4.34. The monoisotopic (exact) mass is 445 g/mol. The number of nitrogens with two attached hydrogens (primary N) is 1. The number of rotatable bonds is 4. The molecule has 1 aromatic rings. The minimum Gasteiger partial charge on any atom is -0.450 e. The SMILES string of the molecule is CCCC[C@@H]1NC(=O)OCCCCCc2cccc(c2)CO[C@@H]2C[C@@H](C(N)=O)N(C2)C1=O. The van der Waals surface area contributed by atoms with Gasteiger partial charge in [-0.1, -0.05) is 44.0 Å². The van der Waals surface area contributed by atoms with Gasteiger partial charge in [-0.05, 0) is 43.2 Å². The third-order valence-electron chi connectivity index (χ3n) is 6.13. The van der Waals surface area contributed by atoms with Crippen molar-refractivity contribution in [2.24, 2.45) is 5.73 Å². The number of amides is 3. The summed E-state index contributed by atoms with van der Waals surface area (Å²) in [4.78, 5) is 39.2. The highest BCUT2D eigenvalue weighted by Crippen LogP contribution is 2.24. The average Bonchev–Trinajstić information content (AvgIpc) is 3.21. The van der Waals surface area contributed by atoms with Crippen molar-refractivity contribution in [2.75, 3.05) is 13.2 Å². The van der Waals surface area contributed by atoms with Crippen molar-refractivity contribution in [3.8, 4) is 0 Å². The number of nitrogens with zero attached hydrogens (tertiary/aromatic N) is 1. The molecule has 176 valence electrons. The van der Waals surface area contributed by atoms with Crippen molar-refractivity contribution >= 4 is 17.9 Å². The number of benzene rings is 1. The molecule has 8 nitrogen and oxygen atoms in total. The zero-order valence-electron chi connectivity index (χ0n) is 18.9. The summed E-state index contributed by atoms with van der Waals surface area (Å²) in [6.07, 6.45) is 5.25. The normalized spacial score (nSPS) is 25.4. The Balaban J connectivity index is 1.78. The summed E-state index contributed by atoms with van der Waals surface area (Å²) < 4.78 is 11.4. The Hall–Kier alpha value is -2.61. The van der Waals surface area contributed by atoms with Crippen LogP contribution in [0.15, 0.2) is 24.3 Å². The molecule has 1 aromatic carbocycles. The van der Waals surface area contributed by atoms with E-state index in [2.05, 4.69) is 17.4 Å². The Morgan fingerprint density at radius 2 is 2.03 bits per heavy atom. The third kappa shape index (κ3) is 6.69. The molecular formula is C24H35N3O5. The standard InChI is InChI=1S/C24H35N3O5/c1-2-3-11-20-23(29)27-15-19(14-21(27)22(25)28)32-16-18-10-7-9-17(13-18)8-5-4-6-12-31-24(30)26-20/h7,9-10,13,19-21H,2-6,8,11-12,14-16H2,1H3,(H2,25,28)(H,26,30)/t19-,20+,21+/m1/s1.